The summed E-state index contributed by atoms with van der Waals surface area (Å²) >= 11 is 6.12. The summed E-state index contributed by atoms with van der Waals surface area (Å²) in [5.41, 5.74) is 1.48. The van der Waals surface area contributed by atoms with Crippen LogP contribution >= 0.6 is 11.6 Å². The molecule has 0 spiro atoms. The second-order valence-corrected chi connectivity index (χ2v) is 4.95. The molecule has 4 nitrogen and oxygen atoms in total. The Balaban J connectivity index is 2.36. The quantitative estimate of drug-likeness (QED) is 0.682. The number of nitrogens with one attached hydrogen (secondary N) is 1. The van der Waals surface area contributed by atoms with Gasteiger partial charge in [-0.15, -0.1) is 12.3 Å². The fraction of sp³-hybridized carbons (Fsp3) is 0.250. The van der Waals surface area contributed by atoms with Crippen LogP contribution in [-0.2, 0) is 6.54 Å². The Bertz CT molecular complexity index is 717. The van der Waals surface area contributed by atoms with Crippen molar-refractivity contribution in [1.29, 1.82) is 0 Å². The van der Waals surface area contributed by atoms with Gasteiger partial charge in [0.05, 0.1) is 12.2 Å². The van der Waals surface area contributed by atoms with Crippen LogP contribution in [0.25, 0.3) is 0 Å². The number of nitrogens with zero attached hydrogens (tertiary/aromatic N) is 2. The Labute approximate surface area is 128 Å². The molecule has 0 saturated heterocycles. The molecule has 0 bridgehead atoms. The summed E-state index contributed by atoms with van der Waals surface area (Å²) in [7, 11) is 0. The molecule has 0 aliphatic carbocycles. The number of anilines is 1. The third-order valence-corrected chi connectivity index (χ3v) is 3.46. The minimum absolute atomic E-state index is 0.197. The van der Waals surface area contributed by atoms with E-state index < -0.39 is 0 Å². The molecule has 2 rings (SSSR count). The predicted octanol–water partition coefficient (Wildman–Crippen LogP) is 2.69. The first-order valence-electron chi connectivity index (χ1n) is 6.61. The molecule has 1 aromatic carbocycles. The van der Waals surface area contributed by atoms with E-state index in [9.17, 15) is 4.79 Å². The Morgan fingerprint density at radius 2 is 2.10 bits per heavy atom. The largest absolute Gasteiger partial charge is 0.364 e. The SMILES string of the molecule is C#CCCNc1nc(Cl)c(C)n(Cc2ccccc2)c1=O. The standard InChI is InChI=1S/C16H16ClN3O/c1-3-4-10-18-15-16(21)20(12(2)14(17)19-15)11-13-8-6-5-7-9-13/h1,5-9H,4,10-11H2,2H3,(H,18,19). The van der Waals surface area contributed by atoms with Gasteiger partial charge in [0, 0.05) is 13.0 Å². The third-order valence-electron chi connectivity index (χ3n) is 3.11. The molecular weight excluding hydrogens is 286 g/mol. The fourth-order valence-electron chi connectivity index (χ4n) is 1.94. The zero-order valence-electron chi connectivity index (χ0n) is 11.8. The van der Waals surface area contributed by atoms with Crippen LogP contribution in [0.1, 0.15) is 17.7 Å². The summed E-state index contributed by atoms with van der Waals surface area (Å²) in [4.78, 5) is 16.6. The molecule has 0 unspecified atom stereocenters. The molecule has 0 saturated carbocycles. The van der Waals surface area contributed by atoms with Gasteiger partial charge in [-0.1, -0.05) is 41.9 Å². The van der Waals surface area contributed by atoms with E-state index >= 15 is 0 Å². The first-order chi connectivity index (χ1) is 10.1. The van der Waals surface area contributed by atoms with Crippen molar-refractivity contribution in [1.82, 2.24) is 9.55 Å². The number of benzene rings is 1. The Morgan fingerprint density at radius 1 is 1.38 bits per heavy atom. The molecule has 0 radical (unpaired) electrons. The van der Waals surface area contributed by atoms with Crippen LogP contribution in [0.15, 0.2) is 35.1 Å². The number of rotatable bonds is 5. The van der Waals surface area contributed by atoms with Crippen molar-refractivity contribution in [2.75, 3.05) is 11.9 Å². The monoisotopic (exact) mass is 301 g/mol. The van der Waals surface area contributed by atoms with Gasteiger partial charge in [-0.3, -0.25) is 4.79 Å². The topological polar surface area (TPSA) is 46.9 Å². The van der Waals surface area contributed by atoms with E-state index in [4.69, 9.17) is 18.0 Å². The molecule has 0 aliphatic heterocycles. The van der Waals surface area contributed by atoms with Crippen molar-refractivity contribution < 1.29 is 0 Å². The van der Waals surface area contributed by atoms with Gasteiger partial charge < -0.3 is 9.88 Å². The van der Waals surface area contributed by atoms with Gasteiger partial charge in [-0.05, 0) is 12.5 Å². The molecule has 1 heterocycles. The lowest BCUT2D eigenvalue weighted by molar-refractivity contribution is 0.719. The Hall–Kier alpha value is -2.25. The number of hydrogen-bond donors (Lipinski definition) is 1. The van der Waals surface area contributed by atoms with Crippen molar-refractivity contribution in [2.24, 2.45) is 0 Å². The summed E-state index contributed by atoms with van der Waals surface area (Å²) in [6.07, 6.45) is 5.72. The van der Waals surface area contributed by atoms with Crippen molar-refractivity contribution in [2.45, 2.75) is 19.9 Å². The molecule has 0 fully saturated rings. The lowest BCUT2D eigenvalue weighted by atomic mass is 10.2. The number of hydrogen-bond acceptors (Lipinski definition) is 3. The maximum atomic E-state index is 12.5. The normalized spacial score (nSPS) is 10.1. The summed E-state index contributed by atoms with van der Waals surface area (Å²) < 4.78 is 1.61. The molecular formula is C16H16ClN3O. The molecule has 21 heavy (non-hydrogen) atoms. The van der Waals surface area contributed by atoms with Crippen LogP contribution < -0.4 is 10.9 Å². The zero-order valence-corrected chi connectivity index (χ0v) is 12.5. The molecule has 2 aromatic rings. The molecule has 0 amide bonds. The van der Waals surface area contributed by atoms with Crippen LogP contribution in [0.2, 0.25) is 5.15 Å². The molecule has 108 valence electrons. The highest BCUT2D eigenvalue weighted by Crippen LogP contribution is 2.14. The molecule has 5 heteroatoms. The molecule has 0 atom stereocenters. The maximum Gasteiger partial charge on any atom is 0.293 e. The minimum atomic E-state index is -0.197. The van der Waals surface area contributed by atoms with E-state index in [1.807, 2.05) is 30.3 Å². The lowest BCUT2D eigenvalue weighted by Gasteiger charge is -2.13. The van der Waals surface area contributed by atoms with Crippen molar-refractivity contribution >= 4 is 17.4 Å². The fourth-order valence-corrected chi connectivity index (χ4v) is 2.13. The van der Waals surface area contributed by atoms with Crippen LogP contribution in [0.5, 0.6) is 0 Å². The summed E-state index contributed by atoms with van der Waals surface area (Å²) in [5, 5.41) is 3.25. The van der Waals surface area contributed by atoms with E-state index in [-0.39, 0.29) is 11.4 Å². The van der Waals surface area contributed by atoms with E-state index in [2.05, 4.69) is 16.2 Å². The van der Waals surface area contributed by atoms with E-state index in [1.54, 1.807) is 11.5 Å². The minimum Gasteiger partial charge on any atom is -0.364 e. The Morgan fingerprint density at radius 3 is 2.76 bits per heavy atom. The highest BCUT2D eigenvalue weighted by molar-refractivity contribution is 6.30. The highest BCUT2D eigenvalue weighted by Gasteiger charge is 2.12. The van der Waals surface area contributed by atoms with Gasteiger partial charge in [0.1, 0.15) is 0 Å². The van der Waals surface area contributed by atoms with E-state index in [1.165, 1.54) is 0 Å². The maximum absolute atomic E-state index is 12.5. The van der Waals surface area contributed by atoms with E-state index in [0.717, 1.165) is 5.56 Å². The summed E-state index contributed by atoms with van der Waals surface area (Å²) in [6.45, 7) is 2.73. The van der Waals surface area contributed by atoms with Gasteiger partial charge in [-0.2, -0.15) is 0 Å². The second kappa shape index (κ2) is 6.96. The first-order valence-corrected chi connectivity index (χ1v) is 6.99. The number of halogens is 1. The van der Waals surface area contributed by atoms with Crippen LogP contribution in [0.4, 0.5) is 5.82 Å². The predicted molar refractivity (Wildman–Crippen MR) is 85.7 cm³/mol. The number of aromatic nitrogens is 2. The zero-order chi connectivity index (χ0) is 15.2. The van der Waals surface area contributed by atoms with Crippen LogP contribution in [0.3, 0.4) is 0 Å². The van der Waals surface area contributed by atoms with Crippen molar-refractivity contribution in [3.63, 3.8) is 0 Å². The summed E-state index contributed by atoms with van der Waals surface area (Å²) in [6, 6.07) is 9.73. The van der Waals surface area contributed by atoms with Crippen LogP contribution in [-0.4, -0.2) is 16.1 Å². The Kier molecular flexibility index (Phi) is 5.02. The average molecular weight is 302 g/mol. The van der Waals surface area contributed by atoms with E-state index in [0.29, 0.717) is 30.4 Å². The van der Waals surface area contributed by atoms with Crippen molar-refractivity contribution in [3.8, 4) is 12.3 Å². The molecule has 1 N–H and O–H groups in total. The second-order valence-electron chi connectivity index (χ2n) is 4.59. The highest BCUT2D eigenvalue weighted by atomic mass is 35.5. The average Bonchev–Trinajstić information content (AvgIpc) is 2.50. The van der Waals surface area contributed by atoms with Gasteiger partial charge >= 0.3 is 0 Å². The van der Waals surface area contributed by atoms with Crippen LogP contribution in [0, 0.1) is 19.3 Å². The van der Waals surface area contributed by atoms with Gasteiger partial charge in [-0.25, -0.2) is 4.98 Å². The third kappa shape index (κ3) is 3.65. The van der Waals surface area contributed by atoms with Gasteiger partial charge in [0.2, 0.25) is 0 Å². The smallest absolute Gasteiger partial charge is 0.293 e. The van der Waals surface area contributed by atoms with Gasteiger partial charge in [0.25, 0.3) is 5.56 Å². The lowest BCUT2D eigenvalue weighted by Crippen LogP contribution is -2.28. The first kappa shape index (κ1) is 15.1. The number of terminal acetylenes is 1. The van der Waals surface area contributed by atoms with Gasteiger partial charge in [0.15, 0.2) is 11.0 Å². The van der Waals surface area contributed by atoms with Crippen molar-refractivity contribution in [3.05, 3.63) is 57.1 Å². The molecule has 0 aliphatic rings. The molecule has 1 aromatic heterocycles. The summed E-state index contributed by atoms with van der Waals surface area (Å²) in [5.74, 6) is 2.74.